The van der Waals surface area contributed by atoms with Gasteiger partial charge in [0.15, 0.2) is 5.65 Å². The largest absolute Gasteiger partial charge is 0.300 e. The summed E-state index contributed by atoms with van der Waals surface area (Å²) >= 11 is 0. The van der Waals surface area contributed by atoms with Gasteiger partial charge in [-0.2, -0.15) is 5.10 Å². The molecule has 8 heteroatoms. The first-order valence-electron chi connectivity index (χ1n) is 13.1. The van der Waals surface area contributed by atoms with E-state index in [-0.39, 0.29) is 5.92 Å². The van der Waals surface area contributed by atoms with E-state index in [2.05, 4.69) is 39.4 Å². The second-order valence-electron chi connectivity index (χ2n) is 10.6. The Morgan fingerprint density at radius 1 is 0.914 bits per heavy atom. The van der Waals surface area contributed by atoms with Crippen molar-refractivity contribution in [2.24, 2.45) is 0 Å². The Hall–Kier alpha value is -2.29. The molecule has 1 atom stereocenters. The summed E-state index contributed by atoms with van der Waals surface area (Å²) in [5.41, 5.74) is 7.16. The summed E-state index contributed by atoms with van der Waals surface area (Å²) in [4.78, 5) is 7.40. The van der Waals surface area contributed by atoms with E-state index in [9.17, 15) is 8.42 Å². The zero-order valence-corrected chi connectivity index (χ0v) is 21.4. The third-order valence-corrected chi connectivity index (χ3v) is 9.75. The van der Waals surface area contributed by atoms with Gasteiger partial charge in [-0.1, -0.05) is 18.2 Å². The van der Waals surface area contributed by atoms with E-state index in [0.717, 1.165) is 47.6 Å². The van der Waals surface area contributed by atoms with Crippen LogP contribution in [0.15, 0.2) is 30.5 Å². The van der Waals surface area contributed by atoms with Crippen LogP contribution in [0.25, 0.3) is 22.2 Å². The third kappa shape index (κ3) is 4.63. The quantitative estimate of drug-likeness (QED) is 0.553. The zero-order chi connectivity index (χ0) is 24.0. The number of benzene rings is 1. The number of hydrogen-bond donors (Lipinski definition) is 1. The van der Waals surface area contributed by atoms with Gasteiger partial charge in [0.2, 0.25) is 10.0 Å². The van der Waals surface area contributed by atoms with E-state index in [0.29, 0.717) is 13.1 Å². The summed E-state index contributed by atoms with van der Waals surface area (Å²) in [6.07, 6.45) is 12.4. The van der Waals surface area contributed by atoms with Gasteiger partial charge in [-0.3, -0.25) is 5.10 Å². The number of pyridine rings is 1. The summed E-state index contributed by atoms with van der Waals surface area (Å²) in [5, 5.41) is 8.77. The molecule has 0 bridgehead atoms. The number of rotatable bonds is 4. The second-order valence-corrected chi connectivity index (χ2v) is 12.6. The van der Waals surface area contributed by atoms with Gasteiger partial charge in [-0.05, 0) is 87.2 Å². The zero-order valence-electron chi connectivity index (χ0n) is 20.5. The van der Waals surface area contributed by atoms with Crippen molar-refractivity contribution in [1.82, 2.24) is 24.4 Å². The Morgan fingerprint density at radius 3 is 2.40 bits per heavy atom. The van der Waals surface area contributed by atoms with Gasteiger partial charge in [-0.15, -0.1) is 0 Å². The van der Waals surface area contributed by atoms with Crippen molar-refractivity contribution in [2.45, 2.75) is 63.3 Å². The molecule has 35 heavy (non-hydrogen) atoms. The van der Waals surface area contributed by atoms with Crippen LogP contribution in [0.2, 0.25) is 0 Å². The lowest BCUT2D eigenvalue weighted by Gasteiger charge is -2.29. The fourth-order valence-corrected chi connectivity index (χ4v) is 7.27. The number of piperidine rings is 1. The van der Waals surface area contributed by atoms with Crippen LogP contribution in [0.3, 0.4) is 0 Å². The van der Waals surface area contributed by atoms with Gasteiger partial charge >= 0.3 is 0 Å². The number of aromatic nitrogens is 3. The van der Waals surface area contributed by atoms with Crippen LogP contribution in [-0.4, -0.2) is 71.3 Å². The number of hydrogen-bond acceptors (Lipinski definition) is 5. The van der Waals surface area contributed by atoms with Crippen molar-refractivity contribution in [1.29, 1.82) is 0 Å². The van der Waals surface area contributed by atoms with Crippen molar-refractivity contribution in [3.05, 3.63) is 47.3 Å². The molecule has 4 heterocycles. The summed E-state index contributed by atoms with van der Waals surface area (Å²) in [7, 11) is -3.13. The predicted octanol–water partition coefficient (Wildman–Crippen LogP) is 4.11. The molecule has 2 fully saturated rings. The minimum atomic E-state index is -3.13. The molecule has 2 saturated heterocycles. The number of aryl methyl sites for hydroxylation is 2. The number of fused-ring (bicyclic) bond motifs is 2. The second kappa shape index (κ2) is 9.30. The van der Waals surface area contributed by atoms with Gasteiger partial charge in [0, 0.05) is 42.2 Å². The fraction of sp³-hybridized carbons (Fsp3) is 0.556. The molecule has 1 N–H and O–H groups in total. The minimum Gasteiger partial charge on any atom is -0.300 e. The molecule has 1 unspecified atom stereocenters. The number of likely N-dealkylation sites (tertiary alicyclic amines) is 1. The van der Waals surface area contributed by atoms with Crippen molar-refractivity contribution >= 4 is 21.1 Å². The number of nitrogens with one attached hydrogen (secondary N) is 1. The average Bonchev–Trinajstić information content (AvgIpc) is 3.49. The van der Waals surface area contributed by atoms with Crippen molar-refractivity contribution in [3.8, 4) is 11.1 Å². The molecule has 0 spiro atoms. The summed E-state index contributed by atoms with van der Waals surface area (Å²) < 4.78 is 25.4. The summed E-state index contributed by atoms with van der Waals surface area (Å²) in [6.45, 7) is 3.65. The number of H-pyrrole nitrogens is 1. The smallest absolute Gasteiger partial charge is 0.211 e. The first-order valence-corrected chi connectivity index (χ1v) is 15.0. The highest BCUT2D eigenvalue weighted by atomic mass is 32.2. The van der Waals surface area contributed by atoms with Crippen molar-refractivity contribution in [2.75, 3.05) is 32.4 Å². The molecule has 2 aromatic heterocycles. The Balaban J connectivity index is 1.23. The molecular weight excluding hydrogens is 458 g/mol. The maximum atomic E-state index is 11.9. The van der Waals surface area contributed by atoms with Crippen LogP contribution < -0.4 is 0 Å². The maximum absolute atomic E-state index is 11.9. The van der Waals surface area contributed by atoms with Crippen molar-refractivity contribution in [3.63, 3.8) is 0 Å². The molecule has 3 aromatic rings. The van der Waals surface area contributed by atoms with Gasteiger partial charge in [0.1, 0.15) is 0 Å². The molecule has 0 amide bonds. The minimum absolute atomic E-state index is 0.244. The van der Waals surface area contributed by atoms with E-state index < -0.39 is 10.0 Å². The molecule has 1 aliphatic carbocycles. The molecule has 0 saturated carbocycles. The van der Waals surface area contributed by atoms with Gasteiger partial charge in [0.25, 0.3) is 0 Å². The van der Waals surface area contributed by atoms with Crippen LogP contribution in [0, 0.1) is 0 Å². The van der Waals surface area contributed by atoms with Crippen LogP contribution in [-0.2, 0) is 22.9 Å². The summed E-state index contributed by atoms with van der Waals surface area (Å²) in [6, 6.07) is 9.92. The maximum Gasteiger partial charge on any atom is 0.211 e. The fourth-order valence-electron chi connectivity index (χ4n) is 6.40. The first kappa shape index (κ1) is 23.1. The SMILES string of the molecule is CS(=O)(=O)N1CCC(c2n[nH]c3ncc(-c4ccc5c(c4)CCC(N4CCCC4)CC5)cc23)CC1. The van der Waals surface area contributed by atoms with Crippen LogP contribution in [0.4, 0.5) is 0 Å². The predicted molar refractivity (Wildman–Crippen MR) is 139 cm³/mol. The molecule has 186 valence electrons. The number of nitrogens with zero attached hydrogens (tertiary/aromatic N) is 4. The lowest BCUT2D eigenvalue weighted by atomic mass is 9.92. The van der Waals surface area contributed by atoms with E-state index in [1.807, 2.05) is 6.20 Å². The molecule has 6 rings (SSSR count). The van der Waals surface area contributed by atoms with Gasteiger partial charge in [-0.25, -0.2) is 17.7 Å². The van der Waals surface area contributed by atoms with Crippen LogP contribution >= 0.6 is 0 Å². The highest BCUT2D eigenvalue weighted by Crippen LogP contribution is 2.34. The molecule has 2 aliphatic heterocycles. The highest BCUT2D eigenvalue weighted by molar-refractivity contribution is 7.88. The van der Waals surface area contributed by atoms with E-state index >= 15 is 0 Å². The number of sulfonamides is 1. The third-order valence-electron chi connectivity index (χ3n) is 8.45. The monoisotopic (exact) mass is 493 g/mol. The van der Waals surface area contributed by atoms with Crippen LogP contribution in [0.1, 0.15) is 61.3 Å². The Labute approximate surface area is 208 Å². The molecule has 3 aliphatic rings. The molecule has 7 nitrogen and oxygen atoms in total. The average molecular weight is 494 g/mol. The van der Waals surface area contributed by atoms with E-state index in [4.69, 9.17) is 4.98 Å². The van der Waals surface area contributed by atoms with E-state index in [1.165, 1.54) is 68.1 Å². The first-order chi connectivity index (χ1) is 17.0. The lowest BCUT2D eigenvalue weighted by Crippen LogP contribution is -2.37. The van der Waals surface area contributed by atoms with Crippen molar-refractivity contribution < 1.29 is 8.42 Å². The molecule has 0 radical (unpaired) electrons. The standard InChI is InChI=1S/C27H35N5O2S/c1-35(33,34)32-14-10-20(11-15-32)26-25-17-23(18-28-27(25)30-29-26)22-5-4-19-6-8-24(9-7-21(19)16-22)31-12-2-3-13-31/h4-5,16-18,20,24H,2-3,6-15H2,1H3,(H,28,29,30). The van der Waals surface area contributed by atoms with E-state index in [1.54, 1.807) is 4.31 Å². The summed E-state index contributed by atoms with van der Waals surface area (Å²) in [5.74, 6) is 0.244. The normalized spacial score (nSPS) is 22.9. The lowest BCUT2D eigenvalue weighted by molar-refractivity contribution is 0.222. The Bertz CT molecular complexity index is 1320. The van der Waals surface area contributed by atoms with Crippen LogP contribution in [0.5, 0.6) is 0 Å². The van der Waals surface area contributed by atoms with Gasteiger partial charge < -0.3 is 4.90 Å². The number of aromatic amines is 1. The molecule has 1 aromatic carbocycles. The highest BCUT2D eigenvalue weighted by Gasteiger charge is 2.29. The van der Waals surface area contributed by atoms with Gasteiger partial charge in [0.05, 0.1) is 11.9 Å². The topological polar surface area (TPSA) is 82.2 Å². The molecular formula is C27H35N5O2S. The Morgan fingerprint density at radius 2 is 1.66 bits per heavy atom. The Kier molecular flexibility index (Phi) is 6.15.